The van der Waals surface area contributed by atoms with Crippen molar-refractivity contribution in [2.45, 2.75) is 57.5 Å². The quantitative estimate of drug-likeness (QED) is 0.531. The second-order valence-electron chi connectivity index (χ2n) is 8.36. The highest BCUT2D eigenvalue weighted by Crippen LogP contribution is 2.26. The molecule has 0 amide bonds. The average molecular weight is 428 g/mol. The Morgan fingerprint density at radius 1 is 1.19 bits per heavy atom. The second-order valence-corrected chi connectivity index (χ2v) is 8.36. The number of halogens is 1. The van der Waals surface area contributed by atoms with Crippen LogP contribution in [0.1, 0.15) is 31.7 Å². The number of ether oxygens (including phenoxy) is 1. The Labute approximate surface area is 181 Å². The van der Waals surface area contributed by atoms with Crippen LogP contribution in [0.4, 0.5) is 4.39 Å². The van der Waals surface area contributed by atoms with Crippen LogP contribution in [0.2, 0.25) is 0 Å². The molecule has 3 aromatic rings. The molecule has 3 heterocycles. The zero-order chi connectivity index (χ0) is 21.8. The highest BCUT2D eigenvalue weighted by atomic mass is 19.1. The summed E-state index contributed by atoms with van der Waals surface area (Å²) in [5.74, 6) is -0.230. The van der Waals surface area contributed by atoms with Crippen molar-refractivity contribution in [3.63, 3.8) is 0 Å². The average Bonchev–Trinajstić information content (AvgIpc) is 3.26. The molecular formula is C23H30FN5O2. The zero-order valence-electron chi connectivity index (χ0n) is 17.9. The molecule has 1 aromatic carbocycles. The van der Waals surface area contributed by atoms with E-state index in [0.29, 0.717) is 43.0 Å². The van der Waals surface area contributed by atoms with Gasteiger partial charge in [-0.1, -0.05) is 24.3 Å². The monoisotopic (exact) mass is 427 g/mol. The minimum Gasteiger partial charge on any atom is -0.377 e. The topological polar surface area (TPSA) is 77.8 Å². The van der Waals surface area contributed by atoms with Crippen LogP contribution in [0.5, 0.6) is 0 Å². The van der Waals surface area contributed by atoms with Crippen LogP contribution in [0, 0.1) is 5.82 Å². The van der Waals surface area contributed by atoms with Crippen LogP contribution in [0.3, 0.4) is 0 Å². The fraction of sp³-hybridized carbons (Fsp3) is 0.478. The third-order valence-corrected chi connectivity index (χ3v) is 6.10. The summed E-state index contributed by atoms with van der Waals surface area (Å²) in [5, 5.41) is 4.38. The number of hydrogen-bond acceptors (Lipinski definition) is 5. The van der Waals surface area contributed by atoms with Crippen molar-refractivity contribution < 1.29 is 9.13 Å². The summed E-state index contributed by atoms with van der Waals surface area (Å²) in [4.78, 5) is 14.9. The van der Waals surface area contributed by atoms with E-state index < -0.39 is 0 Å². The van der Waals surface area contributed by atoms with Crippen LogP contribution < -0.4 is 11.4 Å². The number of fused-ring (bicyclic) bond motifs is 1. The zero-order valence-corrected chi connectivity index (χ0v) is 17.9. The van der Waals surface area contributed by atoms with Crippen LogP contribution in [0.15, 0.2) is 53.5 Å². The summed E-state index contributed by atoms with van der Waals surface area (Å²) in [7, 11) is 0. The first-order valence-corrected chi connectivity index (χ1v) is 10.9. The van der Waals surface area contributed by atoms with Gasteiger partial charge in [-0.05, 0) is 44.4 Å². The van der Waals surface area contributed by atoms with Gasteiger partial charge in [0.05, 0.1) is 13.2 Å². The van der Waals surface area contributed by atoms with Gasteiger partial charge in [0, 0.05) is 43.0 Å². The van der Waals surface area contributed by atoms with E-state index in [-0.39, 0.29) is 24.2 Å². The summed E-state index contributed by atoms with van der Waals surface area (Å²) < 4.78 is 22.4. The van der Waals surface area contributed by atoms with Crippen LogP contribution >= 0.6 is 0 Å². The summed E-state index contributed by atoms with van der Waals surface area (Å²) >= 11 is 0. The lowest BCUT2D eigenvalue weighted by Gasteiger charge is -2.30. The van der Waals surface area contributed by atoms with Crippen LogP contribution in [-0.2, 0) is 17.9 Å². The van der Waals surface area contributed by atoms with Gasteiger partial charge in [-0.25, -0.2) is 13.9 Å². The summed E-state index contributed by atoms with van der Waals surface area (Å²) in [5.41, 5.74) is 7.46. The first-order valence-electron chi connectivity index (χ1n) is 10.9. The molecule has 2 N–H and O–H groups in total. The van der Waals surface area contributed by atoms with Gasteiger partial charge >= 0.3 is 5.69 Å². The Morgan fingerprint density at radius 2 is 2.00 bits per heavy atom. The molecule has 0 spiro atoms. The van der Waals surface area contributed by atoms with E-state index in [9.17, 15) is 9.18 Å². The lowest BCUT2D eigenvalue weighted by atomic mass is 10.1. The fourth-order valence-electron chi connectivity index (χ4n) is 4.42. The SMILES string of the molecule is CC1CCC(CCOCc2ccccc2F)N1CC(N)Cn1nc2ccccn2c1=O. The maximum absolute atomic E-state index is 13.7. The van der Waals surface area contributed by atoms with E-state index in [1.165, 1.54) is 15.1 Å². The van der Waals surface area contributed by atoms with Crippen LogP contribution in [0.25, 0.3) is 5.65 Å². The standard InChI is InChI=1S/C23H30FN5O2/c1-17-9-10-20(11-13-31-16-18-6-2-3-7-21(18)24)28(17)14-19(25)15-29-23(30)27-12-5-4-8-22(27)26-29/h2-8,12,17,19-20H,9-11,13-16,25H2,1H3. The van der Waals surface area contributed by atoms with E-state index in [2.05, 4.69) is 16.9 Å². The molecule has 0 saturated carbocycles. The van der Waals surface area contributed by atoms with Crippen molar-refractivity contribution in [1.29, 1.82) is 0 Å². The number of likely N-dealkylation sites (tertiary alicyclic amines) is 1. The number of pyridine rings is 1. The third-order valence-electron chi connectivity index (χ3n) is 6.10. The van der Waals surface area contributed by atoms with Crippen molar-refractivity contribution in [1.82, 2.24) is 19.1 Å². The summed E-state index contributed by atoms with van der Waals surface area (Å²) in [6.45, 7) is 4.14. The van der Waals surface area contributed by atoms with E-state index in [0.717, 1.165) is 19.3 Å². The van der Waals surface area contributed by atoms with Gasteiger partial charge in [0.15, 0.2) is 5.65 Å². The van der Waals surface area contributed by atoms with Gasteiger partial charge in [-0.15, -0.1) is 5.10 Å². The molecule has 0 bridgehead atoms. The fourth-order valence-corrected chi connectivity index (χ4v) is 4.42. The van der Waals surface area contributed by atoms with Crippen LogP contribution in [-0.4, -0.2) is 50.4 Å². The van der Waals surface area contributed by atoms with Gasteiger partial charge < -0.3 is 10.5 Å². The molecule has 0 radical (unpaired) electrons. The number of nitrogens with two attached hydrogens (primary N) is 1. The number of hydrogen-bond donors (Lipinski definition) is 1. The predicted molar refractivity (Wildman–Crippen MR) is 117 cm³/mol. The lowest BCUT2D eigenvalue weighted by molar-refractivity contribution is 0.0873. The lowest BCUT2D eigenvalue weighted by Crippen LogP contribution is -2.46. The highest BCUT2D eigenvalue weighted by Gasteiger charge is 2.31. The van der Waals surface area contributed by atoms with Crippen molar-refractivity contribution in [2.24, 2.45) is 5.73 Å². The number of nitrogens with zero attached hydrogens (tertiary/aromatic N) is 4. The van der Waals surface area contributed by atoms with Crippen molar-refractivity contribution in [3.05, 3.63) is 70.5 Å². The highest BCUT2D eigenvalue weighted by molar-refractivity contribution is 5.35. The Kier molecular flexibility index (Phi) is 6.80. The predicted octanol–water partition coefficient (Wildman–Crippen LogP) is 2.42. The maximum Gasteiger partial charge on any atom is 0.350 e. The Morgan fingerprint density at radius 3 is 2.81 bits per heavy atom. The first-order chi connectivity index (χ1) is 15.0. The molecule has 1 fully saturated rings. The van der Waals surface area contributed by atoms with Gasteiger partial charge in [0.2, 0.25) is 0 Å². The van der Waals surface area contributed by atoms with E-state index in [4.69, 9.17) is 10.5 Å². The number of rotatable bonds is 9. The number of aromatic nitrogens is 3. The van der Waals surface area contributed by atoms with E-state index in [1.807, 2.05) is 24.3 Å². The normalized spacial score (nSPS) is 20.5. The Hall–Kier alpha value is -2.55. The first kappa shape index (κ1) is 21.7. The molecule has 1 aliphatic rings. The van der Waals surface area contributed by atoms with Gasteiger partial charge in [0.1, 0.15) is 5.82 Å². The molecule has 7 nitrogen and oxygen atoms in total. The second kappa shape index (κ2) is 9.72. The van der Waals surface area contributed by atoms with E-state index >= 15 is 0 Å². The third kappa shape index (κ3) is 5.03. The molecule has 2 aromatic heterocycles. The van der Waals surface area contributed by atoms with Gasteiger partial charge in [-0.3, -0.25) is 9.30 Å². The molecule has 8 heteroatoms. The largest absolute Gasteiger partial charge is 0.377 e. The van der Waals surface area contributed by atoms with Crippen molar-refractivity contribution in [2.75, 3.05) is 13.2 Å². The smallest absolute Gasteiger partial charge is 0.350 e. The molecule has 3 unspecified atom stereocenters. The Balaban J connectivity index is 1.30. The molecule has 3 atom stereocenters. The minimum absolute atomic E-state index is 0.168. The van der Waals surface area contributed by atoms with Gasteiger partial charge in [-0.2, -0.15) is 0 Å². The molecular weight excluding hydrogens is 397 g/mol. The molecule has 4 rings (SSSR count). The molecule has 0 aliphatic carbocycles. The molecule has 1 aliphatic heterocycles. The van der Waals surface area contributed by atoms with Crippen molar-refractivity contribution in [3.8, 4) is 0 Å². The minimum atomic E-state index is -0.230. The molecule has 166 valence electrons. The summed E-state index contributed by atoms with van der Waals surface area (Å²) in [6.07, 6.45) is 4.79. The van der Waals surface area contributed by atoms with E-state index in [1.54, 1.807) is 18.3 Å². The van der Waals surface area contributed by atoms with Crippen molar-refractivity contribution >= 4 is 5.65 Å². The summed E-state index contributed by atoms with van der Waals surface area (Å²) in [6, 6.07) is 12.8. The molecule has 31 heavy (non-hydrogen) atoms. The van der Waals surface area contributed by atoms with Gasteiger partial charge in [0.25, 0.3) is 0 Å². The number of benzene rings is 1. The molecule has 1 saturated heterocycles. The Bertz CT molecular complexity index is 1070. The maximum atomic E-state index is 13.7.